The second-order valence-electron chi connectivity index (χ2n) is 7.40. The van der Waals surface area contributed by atoms with Crippen molar-refractivity contribution in [1.82, 2.24) is 4.90 Å². The summed E-state index contributed by atoms with van der Waals surface area (Å²) in [4.78, 5) is 27.2. The largest absolute Gasteiger partial charge is 0.497 e. The summed E-state index contributed by atoms with van der Waals surface area (Å²) >= 11 is 0. The Hall–Kier alpha value is -3.60. The van der Waals surface area contributed by atoms with E-state index in [1.807, 2.05) is 89.8 Å². The van der Waals surface area contributed by atoms with Gasteiger partial charge in [0.2, 0.25) is 5.91 Å². The Morgan fingerprint density at radius 3 is 1.88 bits per heavy atom. The zero-order chi connectivity index (χ0) is 22.8. The van der Waals surface area contributed by atoms with E-state index >= 15 is 0 Å². The molecule has 0 aliphatic carbocycles. The summed E-state index contributed by atoms with van der Waals surface area (Å²) in [5.41, 5.74) is 3.00. The number of amides is 1. The van der Waals surface area contributed by atoms with Gasteiger partial charge >= 0.3 is 5.97 Å². The van der Waals surface area contributed by atoms with Gasteiger partial charge in [0.1, 0.15) is 5.75 Å². The number of esters is 1. The average molecular weight is 432 g/mol. The lowest BCUT2D eigenvalue weighted by atomic mass is 9.96. The monoisotopic (exact) mass is 431 g/mol. The first-order valence-electron chi connectivity index (χ1n) is 10.8. The van der Waals surface area contributed by atoms with E-state index in [4.69, 9.17) is 9.47 Å². The van der Waals surface area contributed by atoms with Crippen LogP contribution in [0.25, 0.3) is 0 Å². The van der Waals surface area contributed by atoms with E-state index in [2.05, 4.69) is 0 Å². The molecule has 166 valence electrons. The predicted molar refractivity (Wildman–Crippen MR) is 124 cm³/mol. The summed E-state index contributed by atoms with van der Waals surface area (Å²) in [5.74, 6) is 0.296. The van der Waals surface area contributed by atoms with Gasteiger partial charge < -0.3 is 14.4 Å². The third-order valence-electron chi connectivity index (χ3n) is 5.22. The van der Waals surface area contributed by atoms with Gasteiger partial charge in [-0.25, -0.2) is 0 Å². The lowest BCUT2D eigenvalue weighted by Crippen LogP contribution is -2.35. The van der Waals surface area contributed by atoms with E-state index in [1.54, 1.807) is 14.0 Å². The van der Waals surface area contributed by atoms with E-state index in [0.29, 0.717) is 13.2 Å². The SMILES string of the molecule is CCOC(=O)CCC(=O)N(Cc1ccc(OC)cc1)C(c1ccccc1)c1ccccc1. The molecule has 5 nitrogen and oxygen atoms in total. The van der Waals surface area contributed by atoms with E-state index in [-0.39, 0.29) is 30.8 Å². The van der Waals surface area contributed by atoms with Crippen LogP contribution in [0.4, 0.5) is 0 Å². The lowest BCUT2D eigenvalue weighted by Gasteiger charge is -2.33. The fourth-order valence-corrected chi connectivity index (χ4v) is 3.66. The standard InChI is InChI=1S/C27H29NO4/c1-3-32-26(30)19-18-25(29)28(20-21-14-16-24(31-2)17-15-21)27(22-10-6-4-7-11-22)23-12-8-5-9-13-23/h4-17,27H,3,18-20H2,1-2H3. The molecule has 0 saturated carbocycles. The third-order valence-corrected chi connectivity index (χ3v) is 5.22. The van der Waals surface area contributed by atoms with Gasteiger partial charge in [-0.05, 0) is 35.7 Å². The Balaban J connectivity index is 1.96. The van der Waals surface area contributed by atoms with Crippen molar-refractivity contribution in [2.45, 2.75) is 32.4 Å². The third kappa shape index (κ3) is 6.20. The maximum absolute atomic E-state index is 13.5. The summed E-state index contributed by atoms with van der Waals surface area (Å²) in [5, 5.41) is 0. The van der Waals surface area contributed by atoms with Crippen molar-refractivity contribution < 1.29 is 19.1 Å². The van der Waals surface area contributed by atoms with E-state index in [9.17, 15) is 9.59 Å². The number of benzene rings is 3. The van der Waals surface area contributed by atoms with Gasteiger partial charge in [0.25, 0.3) is 0 Å². The topological polar surface area (TPSA) is 55.8 Å². The molecule has 0 aromatic heterocycles. The highest BCUT2D eigenvalue weighted by Gasteiger charge is 2.27. The van der Waals surface area contributed by atoms with Crippen LogP contribution in [0.2, 0.25) is 0 Å². The molecule has 0 fully saturated rings. The number of methoxy groups -OCH3 is 1. The van der Waals surface area contributed by atoms with Crippen molar-refractivity contribution in [3.05, 3.63) is 102 Å². The van der Waals surface area contributed by atoms with E-state index < -0.39 is 0 Å². The van der Waals surface area contributed by atoms with Crippen LogP contribution in [0.5, 0.6) is 5.75 Å². The summed E-state index contributed by atoms with van der Waals surface area (Å²) < 4.78 is 10.3. The molecule has 3 rings (SSSR count). The van der Waals surface area contributed by atoms with Crippen molar-refractivity contribution in [1.29, 1.82) is 0 Å². The highest BCUT2D eigenvalue weighted by atomic mass is 16.5. The van der Waals surface area contributed by atoms with Gasteiger partial charge in [-0.2, -0.15) is 0 Å². The lowest BCUT2D eigenvalue weighted by molar-refractivity contribution is -0.146. The Morgan fingerprint density at radius 1 is 0.812 bits per heavy atom. The van der Waals surface area contributed by atoms with E-state index in [1.165, 1.54) is 0 Å². The van der Waals surface area contributed by atoms with Gasteiger partial charge in [-0.1, -0.05) is 72.8 Å². The molecule has 0 atom stereocenters. The summed E-state index contributed by atoms with van der Waals surface area (Å²) in [6, 6.07) is 27.3. The number of hydrogen-bond acceptors (Lipinski definition) is 4. The minimum absolute atomic E-state index is 0.0576. The molecule has 1 amide bonds. The van der Waals surface area contributed by atoms with Crippen LogP contribution in [0.1, 0.15) is 42.5 Å². The molecule has 0 aliphatic rings. The maximum Gasteiger partial charge on any atom is 0.306 e. The number of carbonyl (C=O) groups excluding carboxylic acids is 2. The van der Waals surface area contributed by atoms with Crippen LogP contribution >= 0.6 is 0 Å². The molecule has 3 aromatic carbocycles. The first-order chi connectivity index (χ1) is 15.6. The molecular formula is C27H29NO4. The molecule has 0 N–H and O–H groups in total. The second kappa shape index (κ2) is 11.7. The molecule has 0 saturated heterocycles. The summed E-state index contributed by atoms with van der Waals surface area (Å²) in [6.07, 6.45) is 0.146. The van der Waals surface area contributed by atoms with Crippen molar-refractivity contribution in [3.63, 3.8) is 0 Å². The highest BCUT2D eigenvalue weighted by Crippen LogP contribution is 2.31. The van der Waals surface area contributed by atoms with Crippen molar-refractivity contribution in [2.75, 3.05) is 13.7 Å². The minimum atomic E-state index is -0.360. The molecule has 5 heteroatoms. The minimum Gasteiger partial charge on any atom is -0.497 e. The molecule has 0 spiro atoms. The average Bonchev–Trinajstić information content (AvgIpc) is 2.84. The van der Waals surface area contributed by atoms with Gasteiger partial charge in [-0.3, -0.25) is 9.59 Å². The second-order valence-corrected chi connectivity index (χ2v) is 7.40. The Bertz CT molecular complexity index is 948. The van der Waals surface area contributed by atoms with Gasteiger partial charge in [-0.15, -0.1) is 0 Å². The Morgan fingerprint density at radius 2 is 1.38 bits per heavy atom. The Labute approximate surface area is 189 Å². The fourth-order valence-electron chi connectivity index (χ4n) is 3.66. The number of rotatable bonds is 10. The zero-order valence-corrected chi connectivity index (χ0v) is 18.6. The quantitative estimate of drug-likeness (QED) is 0.416. The van der Waals surface area contributed by atoms with Crippen molar-refractivity contribution in [3.8, 4) is 5.75 Å². The molecule has 0 heterocycles. The van der Waals surface area contributed by atoms with Crippen LogP contribution in [0, 0.1) is 0 Å². The van der Waals surface area contributed by atoms with E-state index in [0.717, 1.165) is 22.4 Å². The maximum atomic E-state index is 13.5. The molecular weight excluding hydrogens is 402 g/mol. The first-order valence-corrected chi connectivity index (χ1v) is 10.8. The van der Waals surface area contributed by atoms with Crippen molar-refractivity contribution in [2.24, 2.45) is 0 Å². The van der Waals surface area contributed by atoms with Crippen LogP contribution in [0.3, 0.4) is 0 Å². The number of hydrogen-bond donors (Lipinski definition) is 0. The molecule has 3 aromatic rings. The normalized spacial score (nSPS) is 10.6. The molecule has 0 radical (unpaired) electrons. The first kappa shape index (κ1) is 23.1. The molecule has 32 heavy (non-hydrogen) atoms. The molecule has 0 bridgehead atoms. The number of ether oxygens (including phenoxy) is 2. The smallest absolute Gasteiger partial charge is 0.306 e. The van der Waals surface area contributed by atoms with Crippen LogP contribution in [0.15, 0.2) is 84.9 Å². The molecule has 0 unspecified atom stereocenters. The fraction of sp³-hybridized carbons (Fsp3) is 0.259. The van der Waals surface area contributed by atoms with Crippen LogP contribution in [-0.4, -0.2) is 30.5 Å². The van der Waals surface area contributed by atoms with Gasteiger partial charge in [0.15, 0.2) is 0 Å². The highest BCUT2D eigenvalue weighted by molar-refractivity contribution is 5.82. The van der Waals surface area contributed by atoms with Crippen LogP contribution in [-0.2, 0) is 20.9 Å². The zero-order valence-electron chi connectivity index (χ0n) is 18.6. The van der Waals surface area contributed by atoms with Gasteiger partial charge in [0.05, 0.1) is 26.2 Å². The number of carbonyl (C=O) groups is 2. The molecule has 0 aliphatic heterocycles. The Kier molecular flexibility index (Phi) is 8.44. The summed E-state index contributed by atoms with van der Waals surface area (Å²) in [6.45, 7) is 2.47. The number of nitrogens with zero attached hydrogens (tertiary/aromatic N) is 1. The van der Waals surface area contributed by atoms with Gasteiger partial charge in [0, 0.05) is 13.0 Å². The van der Waals surface area contributed by atoms with Crippen molar-refractivity contribution >= 4 is 11.9 Å². The summed E-state index contributed by atoms with van der Waals surface area (Å²) in [7, 11) is 1.63. The predicted octanol–water partition coefficient (Wildman–Crippen LogP) is 5.16. The van der Waals surface area contributed by atoms with Crippen LogP contribution < -0.4 is 4.74 Å².